The average Bonchev–Trinajstić information content (AvgIpc) is 3.21. The van der Waals surface area contributed by atoms with E-state index >= 15 is 0 Å². The lowest BCUT2D eigenvalue weighted by Crippen LogP contribution is -2.45. The van der Waals surface area contributed by atoms with Gasteiger partial charge in [-0.25, -0.2) is 0 Å². The van der Waals surface area contributed by atoms with Crippen molar-refractivity contribution in [3.05, 3.63) is 23.3 Å². The van der Waals surface area contributed by atoms with Gasteiger partial charge >= 0.3 is 0 Å². The Balaban J connectivity index is 2.58. The Bertz CT molecular complexity index is 862. The number of hydrogen-bond acceptors (Lipinski definition) is 7. The van der Waals surface area contributed by atoms with Gasteiger partial charge in [-0.1, -0.05) is 33.6 Å². The summed E-state index contributed by atoms with van der Waals surface area (Å²) in [6, 6.07) is 3.86. The minimum Gasteiger partial charge on any atom is -0.496 e. The fraction of sp³-hybridized carbons (Fsp3) is 0.750. The Morgan fingerprint density at radius 3 is 2.00 bits per heavy atom. The van der Waals surface area contributed by atoms with Gasteiger partial charge in [0.25, 0.3) is 10.1 Å². The van der Waals surface area contributed by atoms with Crippen LogP contribution < -0.4 is 9.47 Å². The molecule has 190 valence electrons. The monoisotopic (exact) mass is 502 g/mol. The Hall–Kier alpha value is -1.13. The standard InChI is InChI=1S/C24H42O7SSi/c1-17-20(27-5)14-18(15-21(17)28-6)23(31-33(8,9)24(2,3)4)22(16-29-32(7,25)26)30-19-12-10-11-13-19/h14-15,19,22-23H,10-13,16H2,1-9H3/t22-,23+/m0/s1. The Morgan fingerprint density at radius 1 is 1.06 bits per heavy atom. The third kappa shape index (κ3) is 7.68. The second kappa shape index (κ2) is 11.1. The van der Waals surface area contributed by atoms with Crippen molar-refractivity contribution in [2.75, 3.05) is 27.1 Å². The highest BCUT2D eigenvalue weighted by Gasteiger charge is 2.42. The molecule has 33 heavy (non-hydrogen) atoms. The van der Waals surface area contributed by atoms with Crippen LogP contribution in [0.5, 0.6) is 11.5 Å². The molecule has 1 aliphatic carbocycles. The van der Waals surface area contributed by atoms with E-state index in [-0.39, 0.29) is 17.7 Å². The van der Waals surface area contributed by atoms with Crippen molar-refractivity contribution in [2.45, 2.75) is 89.8 Å². The molecule has 2 rings (SSSR count). The number of benzene rings is 1. The molecule has 1 aromatic rings. The van der Waals surface area contributed by atoms with Crippen LogP contribution in [0.4, 0.5) is 0 Å². The normalized spacial score (nSPS) is 17.7. The van der Waals surface area contributed by atoms with Crippen LogP contribution in [0.1, 0.15) is 63.7 Å². The second-order valence-corrected chi connectivity index (χ2v) is 16.8. The van der Waals surface area contributed by atoms with Crippen molar-refractivity contribution in [3.63, 3.8) is 0 Å². The summed E-state index contributed by atoms with van der Waals surface area (Å²) in [7, 11) is -2.69. The summed E-state index contributed by atoms with van der Waals surface area (Å²) in [5.74, 6) is 1.36. The molecule has 0 saturated heterocycles. The Kier molecular flexibility index (Phi) is 9.43. The third-order valence-electron chi connectivity index (χ3n) is 6.78. The van der Waals surface area contributed by atoms with E-state index in [9.17, 15) is 8.42 Å². The molecule has 1 aliphatic rings. The fourth-order valence-electron chi connectivity index (χ4n) is 3.78. The van der Waals surface area contributed by atoms with Crippen molar-refractivity contribution in [1.82, 2.24) is 0 Å². The lowest BCUT2D eigenvalue weighted by Gasteiger charge is -2.42. The zero-order valence-corrected chi connectivity index (χ0v) is 23.5. The summed E-state index contributed by atoms with van der Waals surface area (Å²) < 4.78 is 53.6. The molecule has 0 spiro atoms. The van der Waals surface area contributed by atoms with Gasteiger partial charge < -0.3 is 18.6 Å². The van der Waals surface area contributed by atoms with Crippen molar-refractivity contribution in [2.24, 2.45) is 0 Å². The first-order chi connectivity index (χ1) is 15.2. The van der Waals surface area contributed by atoms with E-state index in [1.807, 2.05) is 19.1 Å². The maximum Gasteiger partial charge on any atom is 0.264 e. The van der Waals surface area contributed by atoms with E-state index < -0.39 is 30.6 Å². The number of hydrogen-bond donors (Lipinski definition) is 0. The van der Waals surface area contributed by atoms with Gasteiger partial charge in [0.2, 0.25) is 0 Å². The molecule has 2 atom stereocenters. The predicted octanol–water partition coefficient (Wildman–Crippen LogP) is 5.38. The van der Waals surface area contributed by atoms with E-state index in [1.54, 1.807) is 14.2 Å². The second-order valence-electron chi connectivity index (χ2n) is 10.4. The SMILES string of the molecule is COc1cc([C@@H](O[Si](C)(C)C(C)(C)C)[C@H](COS(C)(=O)=O)OC2CCCC2)cc(OC)c1C. The Labute approximate surface area is 201 Å². The molecule has 0 amide bonds. The summed E-state index contributed by atoms with van der Waals surface area (Å²) in [5, 5.41) is -0.0558. The van der Waals surface area contributed by atoms with Crippen molar-refractivity contribution in [3.8, 4) is 11.5 Å². The molecule has 0 unspecified atom stereocenters. The maximum absolute atomic E-state index is 11.9. The fourth-order valence-corrected chi connectivity index (χ4v) is 5.44. The van der Waals surface area contributed by atoms with Gasteiger partial charge in [0.1, 0.15) is 17.6 Å². The average molecular weight is 503 g/mol. The molecule has 1 fully saturated rings. The number of methoxy groups -OCH3 is 2. The molecule has 0 heterocycles. The van der Waals surface area contributed by atoms with Crippen LogP contribution in [-0.4, -0.2) is 56.0 Å². The van der Waals surface area contributed by atoms with E-state index in [0.717, 1.165) is 43.1 Å². The zero-order chi connectivity index (χ0) is 25.0. The van der Waals surface area contributed by atoms with Crippen molar-refractivity contribution >= 4 is 18.4 Å². The first-order valence-corrected chi connectivity index (χ1v) is 16.3. The minimum atomic E-state index is -3.65. The molecule has 0 bridgehead atoms. The predicted molar refractivity (Wildman–Crippen MR) is 133 cm³/mol. The number of rotatable bonds is 11. The molecule has 9 heteroatoms. The minimum absolute atomic E-state index is 0.0536. The molecule has 0 aromatic heterocycles. The molecule has 0 radical (unpaired) electrons. The maximum atomic E-state index is 11.9. The molecule has 1 aromatic carbocycles. The van der Waals surface area contributed by atoms with Crippen LogP contribution in [0.3, 0.4) is 0 Å². The summed E-state index contributed by atoms with van der Waals surface area (Å²) in [5.41, 5.74) is 1.70. The Morgan fingerprint density at radius 2 is 1.58 bits per heavy atom. The van der Waals surface area contributed by atoms with Crippen LogP contribution in [-0.2, 0) is 23.5 Å². The molecular weight excluding hydrogens is 460 g/mol. The smallest absolute Gasteiger partial charge is 0.264 e. The highest BCUT2D eigenvalue weighted by molar-refractivity contribution is 7.85. The summed E-state index contributed by atoms with van der Waals surface area (Å²) in [6.07, 6.45) is 4.06. The topological polar surface area (TPSA) is 80.3 Å². The van der Waals surface area contributed by atoms with Crippen LogP contribution in [0.25, 0.3) is 0 Å². The summed E-state index contributed by atoms with van der Waals surface area (Å²) in [6.45, 7) is 12.7. The van der Waals surface area contributed by atoms with Gasteiger partial charge in [-0.3, -0.25) is 4.18 Å². The van der Waals surface area contributed by atoms with Gasteiger partial charge in [-0.15, -0.1) is 0 Å². The van der Waals surface area contributed by atoms with Crippen molar-refractivity contribution < 1.29 is 31.2 Å². The lowest BCUT2D eigenvalue weighted by atomic mass is 10.0. The van der Waals surface area contributed by atoms with Gasteiger partial charge in [0.15, 0.2) is 8.32 Å². The first-order valence-electron chi connectivity index (χ1n) is 11.6. The van der Waals surface area contributed by atoms with E-state index in [4.69, 9.17) is 22.8 Å². The van der Waals surface area contributed by atoms with Crippen molar-refractivity contribution in [1.29, 1.82) is 0 Å². The zero-order valence-electron chi connectivity index (χ0n) is 21.7. The molecular formula is C24H42O7SSi. The van der Waals surface area contributed by atoms with Crippen LogP contribution in [0, 0.1) is 6.92 Å². The largest absolute Gasteiger partial charge is 0.496 e. The first kappa shape index (κ1) is 28.1. The van der Waals surface area contributed by atoms with E-state index in [1.165, 1.54) is 0 Å². The molecule has 1 saturated carbocycles. The lowest BCUT2D eigenvalue weighted by molar-refractivity contribution is -0.0874. The molecule has 7 nitrogen and oxygen atoms in total. The summed E-state index contributed by atoms with van der Waals surface area (Å²) >= 11 is 0. The van der Waals surface area contributed by atoms with Crippen LogP contribution in [0.15, 0.2) is 12.1 Å². The van der Waals surface area contributed by atoms with Gasteiger partial charge in [-0.05, 0) is 55.6 Å². The van der Waals surface area contributed by atoms with E-state index in [0.29, 0.717) is 11.5 Å². The molecule has 0 aliphatic heterocycles. The highest BCUT2D eigenvalue weighted by atomic mass is 32.2. The van der Waals surface area contributed by atoms with Crippen LogP contribution >= 0.6 is 0 Å². The van der Waals surface area contributed by atoms with Gasteiger partial charge in [0, 0.05) is 5.56 Å². The van der Waals surface area contributed by atoms with Crippen LogP contribution in [0.2, 0.25) is 18.1 Å². The molecule has 0 N–H and O–H groups in total. The third-order valence-corrected chi connectivity index (χ3v) is 11.8. The van der Waals surface area contributed by atoms with Gasteiger partial charge in [0.05, 0.1) is 39.3 Å². The summed E-state index contributed by atoms with van der Waals surface area (Å²) in [4.78, 5) is 0. The number of ether oxygens (including phenoxy) is 3. The highest BCUT2D eigenvalue weighted by Crippen LogP contribution is 2.43. The van der Waals surface area contributed by atoms with Gasteiger partial charge in [-0.2, -0.15) is 8.42 Å². The van der Waals surface area contributed by atoms with E-state index in [2.05, 4.69) is 33.9 Å². The quantitative estimate of drug-likeness (QED) is 0.297.